The zero-order chi connectivity index (χ0) is 11.0. The summed E-state index contributed by atoms with van der Waals surface area (Å²) in [6, 6.07) is 9.09. The fourth-order valence-corrected chi connectivity index (χ4v) is 0.912. The highest BCUT2D eigenvalue weighted by Crippen LogP contribution is 2.07. The average molecular weight is 191 g/mol. The number of carbonyl (C=O) groups excluding carboxylic acids is 1. The molecule has 0 fully saturated rings. The van der Waals surface area contributed by atoms with Crippen molar-refractivity contribution in [1.29, 1.82) is 5.26 Å². The zero-order valence-corrected chi connectivity index (χ0v) is 8.57. The van der Waals surface area contributed by atoms with Gasteiger partial charge in [0, 0.05) is 6.92 Å². The van der Waals surface area contributed by atoms with Gasteiger partial charge in [-0.05, 0) is 18.6 Å². The molecule has 0 aromatic heterocycles. The van der Waals surface area contributed by atoms with E-state index >= 15 is 0 Å². The van der Waals surface area contributed by atoms with E-state index in [0.717, 1.165) is 5.56 Å². The summed E-state index contributed by atoms with van der Waals surface area (Å²) in [5, 5.41) is 7.32. The fraction of sp³-hybridized carbons (Fsp3) is 0.273. The molecule has 3 nitrogen and oxygen atoms in total. The number of esters is 1. The maximum Gasteiger partial charge on any atom is 0.338 e. The first-order chi connectivity index (χ1) is 6.67. The van der Waals surface area contributed by atoms with Crippen molar-refractivity contribution in [3.05, 3.63) is 35.4 Å². The molecule has 0 unspecified atom stereocenters. The van der Waals surface area contributed by atoms with E-state index in [1.54, 1.807) is 12.1 Å². The molecule has 0 saturated carbocycles. The highest BCUT2D eigenvalue weighted by Gasteiger charge is 2.05. The van der Waals surface area contributed by atoms with Crippen LogP contribution in [0.5, 0.6) is 0 Å². The third-order valence-electron chi connectivity index (χ3n) is 1.55. The summed E-state index contributed by atoms with van der Waals surface area (Å²) in [5.74, 6) is -0.275. The Morgan fingerprint density at radius 2 is 1.93 bits per heavy atom. The van der Waals surface area contributed by atoms with Gasteiger partial charge in [0.1, 0.15) is 0 Å². The summed E-state index contributed by atoms with van der Waals surface area (Å²) < 4.78 is 4.58. The van der Waals surface area contributed by atoms with Crippen LogP contribution in [-0.2, 0) is 4.74 Å². The predicted molar refractivity (Wildman–Crippen MR) is 53.8 cm³/mol. The smallest absolute Gasteiger partial charge is 0.338 e. The van der Waals surface area contributed by atoms with E-state index < -0.39 is 0 Å². The van der Waals surface area contributed by atoms with Crippen LogP contribution in [0.2, 0.25) is 0 Å². The van der Waals surface area contributed by atoms with E-state index in [-0.39, 0.29) is 5.97 Å². The van der Waals surface area contributed by atoms with Crippen LogP contribution in [-0.4, -0.2) is 13.1 Å². The van der Waals surface area contributed by atoms with E-state index in [4.69, 9.17) is 5.26 Å². The third-order valence-corrected chi connectivity index (χ3v) is 1.55. The van der Waals surface area contributed by atoms with E-state index in [0.29, 0.717) is 5.56 Å². The van der Waals surface area contributed by atoms with E-state index in [1.807, 2.05) is 25.1 Å². The Morgan fingerprint density at radius 1 is 1.43 bits per heavy atom. The predicted octanol–water partition coefficient (Wildman–Crippen LogP) is 2.31. The topological polar surface area (TPSA) is 50.1 Å². The summed E-state index contributed by atoms with van der Waals surface area (Å²) in [6.45, 7) is 3.31. The first-order valence-corrected chi connectivity index (χ1v) is 4.12. The molecular weight excluding hydrogens is 178 g/mol. The summed E-state index contributed by atoms with van der Waals surface area (Å²) in [6.07, 6.45) is 0. The molecule has 0 radical (unpaired) electrons. The van der Waals surface area contributed by atoms with Gasteiger partial charge in [-0.1, -0.05) is 18.2 Å². The molecule has 3 heteroatoms. The van der Waals surface area contributed by atoms with Crippen LogP contribution in [0.1, 0.15) is 22.8 Å². The fourth-order valence-electron chi connectivity index (χ4n) is 0.912. The summed E-state index contributed by atoms with van der Waals surface area (Å²) in [4.78, 5) is 11.0. The van der Waals surface area contributed by atoms with Gasteiger partial charge in [0.2, 0.25) is 0 Å². The van der Waals surface area contributed by atoms with Crippen LogP contribution in [0.3, 0.4) is 0 Å². The van der Waals surface area contributed by atoms with Crippen LogP contribution in [0, 0.1) is 18.3 Å². The number of rotatable bonds is 1. The minimum Gasteiger partial charge on any atom is -0.465 e. The quantitative estimate of drug-likeness (QED) is 0.640. The number of carbonyl (C=O) groups is 1. The van der Waals surface area contributed by atoms with Crippen LogP contribution in [0.4, 0.5) is 0 Å². The van der Waals surface area contributed by atoms with Gasteiger partial charge in [0.25, 0.3) is 0 Å². The van der Waals surface area contributed by atoms with Gasteiger partial charge >= 0.3 is 5.97 Å². The Labute approximate surface area is 83.9 Å². The van der Waals surface area contributed by atoms with Gasteiger partial charge in [0.05, 0.1) is 18.7 Å². The van der Waals surface area contributed by atoms with Crippen molar-refractivity contribution in [2.45, 2.75) is 13.8 Å². The Hall–Kier alpha value is -1.82. The summed E-state index contributed by atoms with van der Waals surface area (Å²) >= 11 is 0. The van der Waals surface area contributed by atoms with Crippen LogP contribution < -0.4 is 0 Å². The molecule has 0 N–H and O–H groups in total. The van der Waals surface area contributed by atoms with Crippen molar-refractivity contribution in [2.24, 2.45) is 0 Å². The Morgan fingerprint density at radius 3 is 2.36 bits per heavy atom. The van der Waals surface area contributed by atoms with Crippen LogP contribution >= 0.6 is 0 Å². The molecule has 0 spiro atoms. The van der Waals surface area contributed by atoms with Gasteiger partial charge in [-0.15, -0.1) is 0 Å². The van der Waals surface area contributed by atoms with Crippen molar-refractivity contribution in [3.63, 3.8) is 0 Å². The van der Waals surface area contributed by atoms with Gasteiger partial charge in [0.15, 0.2) is 0 Å². The molecule has 0 aliphatic rings. The number of hydrogen-bond acceptors (Lipinski definition) is 3. The number of nitrogens with zero attached hydrogens (tertiary/aromatic N) is 1. The zero-order valence-electron chi connectivity index (χ0n) is 8.57. The van der Waals surface area contributed by atoms with Gasteiger partial charge in [-0.2, -0.15) is 5.26 Å². The standard InChI is InChI=1S/C9H10O2.C2H3N/c1-7-5-3-4-6-8(7)9(10)11-2;1-2-3/h3-6H,1-2H3;1H3. The SMILES string of the molecule is CC#N.COC(=O)c1ccccc1C. The third kappa shape index (κ3) is 3.72. The lowest BCUT2D eigenvalue weighted by atomic mass is 10.1. The van der Waals surface area contributed by atoms with Crippen molar-refractivity contribution < 1.29 is 9.53 Å². The molecule has 74 valence electrons. The Kier molecular flexibility index (Phi) is 5.80. The highest BCUT2D eigenvalue weighted by molar-refractivity contribution is 5.90. The number of ether oxygens (including phenoxy) is 1. The Bertz CT molecular complexity index is 339. The van der Waals surface area contributed by atoms with Crippen molar-refractivity contribution in [1.82, 2.24) is 0 Å². The maximum absolute atomic E-state index is 11.0. The van der Waals surface area contributed by atoms with Gasteiger partial charge < -0.3 is 4.74 Å². The minimum absolute atomic E-state index is 0.275. The van der Waals surface area contributed by atoms with Crippen molar-refractivity contribution >= 4 is 5.97 Å². The molecule has 0 amide bonds. The van der Waals surface area contributed by atoms with Crippen LogP contribution in [0.25, 0.3) is 0 Å². The van der Waals surface area contributed by atoms with Gasteiger partial charge in [-0.25, -0.2) is 4.79 Å². The molecule has 0 aliphatic heterocycles. The highest BCUT2D eigenvalue weighted by atomic mass is 16.5. The van der Waals surface area contributed by atoms with Crippen molar-refractivity contribution in [3.8, 4) is 6.07 Å². The first kappa shape index (κ1) is 12.2. The lowest BCUT2D eigenvalue weighted by Gasteiger charge is -2.00. The van der Waals surface area contributed by atoms with E-state index in [2.05, 4.69) is 4.74 Å². The van der Waals surface area contributed by atoms with E-state index in [1.165, 1.54) is 14.0 Å². The molecule has 0 atom stereocenters. The molecule has 0 saturated heterocycles. The number of hydrogen-bond donors (Lipinski definition) is 0. The molecule has 0 aliphatic carbocycles. The molecule has 1 rings (SSSR count). The summed E-state index contributed by atoms with van der Waals surface area (Å²) in [5.41, 5.74) is 1.58. The average Bonchev–Trinajstić information content (AvgIpc) is 2.19. The molecule has 14 heavy (non-hydrogen) atoms. The molecule has 0 heterocycles. The van der Waals surface area contributed by atoms with Crippen LogP contribution in [0.15, 0.2) is 24.3 Å². The number of nitriles is 1. The molecule has 0 bridgehead atoms. The first-order valence-electron chi connectivity index (χ1n) is 4.12. The maximum atomic E-state index is 11.0. The molecule has 1 aromatic rings. The Balaban J connectivity index is 0.000000500. The van der Waals surface area contributed by atoms with E-state index in [9.17, 15) is 4.79 Å². The molecule has 1 aromatic carbocycles. The largest absolute Gasteiger partial charge is 0.465 e. The number of methoxy groups -OCH3 is 1. The second-order valence-electron chi connectivity index (χ2n) is 2.53. The van der Waals surface area contributed by atoms with Crippen molar-refractivity contribution in [2.75, 3.05) is 7.11 Å². The number of aryl methyl sites for hydroxylation is 1. The molecular formula is C11H13NO2. The second kappa shape index (κ2) is 6.67. The van der Waals surface area contributed by atoms with Gasteiger partial charge in [-0.3, -0.25) is 0 Å². The normalized spacial score (nSPS) is 7.86. The minimum atomic E-state index is -0.275. The lowest BCUT2D eigenvalue weighted by Crippen LogP contribution is -2.02. The lowest BCUT2D eigenvalue weighted by molar-refractivity contribution is 0.0600. The monoisotopic (exact) mass is 191 g/mol. The summed E-state index contributed by atoms with van der Waals surface area (Å²) in [7, 11) is 1.38. The second-order valence-corrected chi connectivity index (χ2v) is 2.53. The number of benzene rings is 1.